The van der Waals surface area contributed by atoms with E-state index in [2.05, 4.69) is 20.6 Å². The molecule has 0 bridgehead atoms. The number of hydrogen-bond acceptors (Lipinski definition) is 9. The lowest BCUT2D eigenvalue weighted by molar-refractivity contribution is -0.136. The summed E-state index contributed by atoms with van der Waals surface area (Å²) < 4.78 is 88.5. The van der Waals surface area contributed by atoms with Gasteiger partial charge in [-0.25, -0.2) is 41.5 Å². The van der Waals surface area contributed by atoms with Crippen LogP contribution in [0.25, 0.3) is 22.1 Å². The molecule has 6 aromatic rings. The third kappa shape index (κ3) is 10.1. The number of likely N-dealkylation sites (tertiary alicyclic amines) is 2. The molecule has 408 valence electrons. The molecule has 2 aromatic heterocycles. The van der Waals surface area contributed by atoms with E-state index in [1.165, 1.54) is 24.1 Å². The van der Waals surface area contributed by atoms with E-state index in [0.717, 1.165) is 12.1 Å². The summed E-state index contributed by atoms with van der Waals surface area (Å²) in [6.07, 6.45) is 0.659. The molecule has 77 heavy (non-hydrogen) atoms. The van der Waals surface area contributed by atoms with Crippen molar-refractivity contribution in [2.45, 2.75) is 121 Å². The van der Waals surface area contributed by atoms with E-state index < -0.39 is 83.3 Å². The third-order valence-electron chi connectivity index (χ3n) is 16.1. The lowest BCUT2D eigenvalue weighted by Gasteiger charge is -2.38. The highest BCUT2D eigenvalue weighted by Crippen LogP contribution is 2.50. The van der Waals surface area contributed by atoms with Crippen LogP contribution in [-0.2, 0) is 20.0 Å². The minimum atomic E-state index is -1.68. The number of H-pyrrole nitrogens is 2. The number of benzene rings is 4. The number of carbonyl (C=O) groups is 4. The fourth-order valence-corrected chi connectivity index (χ4v) is 12.2. The molecule has 4 amide bonds. The van der Waals surface area contributed by atoms with Crippen LogP contribution in [0.4, 0.5) is 42.9 Å². The van der Waals surface area contributed by atoms with E-state index >= 15 is 22.0 Å². The van der Waals surface area contributed by atoms with Crippen LogP contribution in [0.15, 0.2) is 66.7 Å². The first-order chi connectivity index (χ1) is 36.8. The highest BCUT2D eigenvalue weighted by atomic mass is 19.2. The number of carboxylic acid groups (broad SMARTS) is 1. The molecule has 4 fully saturated rings. The summed E-state index contributed by atoms with van der Waals surface area (Å²) in [6.45, 7) is 7.91. The second-order valence-corrected chi connectivity index (χ2v) is 21.5. The molecule has 0 radical (unpaired) electrons. The van der Waals surface area contributed by atoms with E-state index in [4.69, 9.17) is 14.7 Å². The number of hydrogen-bond donors (Lipinski definition) is 5. The van der Waals surface area contributed by atoms with E-state index in [0.29, 0.717) is 78.1 Å². The van der Waals surface area contributed by atoms with Gasteiger partial charge in [0, 0.05) is 55.8 Å². The number of halogens is 5. The van der Waals surface area contributed by atoms with Gasteiger partial charge in [0.2, 0.25) is 11.8 Å². The van der Waals surface area contributed by atoms with Gasteiger partial charge in [0.25, 0.3) is 0 Å². The van der Waals surface area contributed by atoms with Gasteiger partial charge in [-0.2, -0.15) is 0 Å². The number of nitrogens with zero attached hydrogens (tertiary/aromatic N) is 6. The zero-order valence-corrected chi connectivity index (χ0v) is 43.5. The number of aromatic nitrogens is 4. The standard InChI is InChI=1S/C56H63F5N10O6/c1-29(2)47(66-54(74)75)52(72)69-19-9-13-45(69)50-62-39-25-33(35(57)27-41(39)64-50)43-15-16-44(71(43)32-23-37(59)49(38(60)24-32)68-21-17-56(61,18-22-68)31-11-7-6-8-12-31)34-26-40-42(28-36(34)58)65-51(63-40)46-14-10-20-70(46)53(73)48(30(3)4)67-55(76)77-5/h6-8,11-12,23-30,43-48,66H,9-10,13-22H2,1-5H3,(H,62,64)(H,63,65)(H,67,76)(H,74,75)/t43-,44-,45+,46+,47+,48+/m1/s1. The summed E-state index contributed by atoms with van der Waals surface area (Å²) in [7, 11) is 1.22. The number of alkyl halides is 1. The van der Waals surface area contributed by atoms with Crippen molar-refractivity contribution in [3.63, 3.8) is 0 Å². The average Bonchev–Trinajstić information content (AvgIpc) is 4.29. The molecule has 21 heteroatoms. The summed E-state index contributed by atoms with van der Waals surface area (Å²) in [4.78, 5) is 74.1. The maximum Gasteiger partial charge on any atom is 0.407 e. The monoisotopic (exact) mass is 1070 g/mol. The Morgan fingerprint density at radius 3 is 1.60 bits per heavy atom. The summed E-state index contributed by atoms with van der Waals surface area (Å²) in [5, 5.41) is 14.5. The number of rotatable bonds is 13. The fourth-order valence-electron chi connectivity index (χ4n) is 12.2. The van der Waals surface area contributed by atoms with Gasteiger partial charge in [0.1, 0.15) is 46.7 Å². The predicted octanol–water partition coefficient (Wildman–Crippen LogP) is 10.5. The van der Waals surface area contributed by atoms with Gasteiger partial charge in [0.05, 0.1) is 53.3 Å². The van der Waals surface area contributed by atoms with Crippen molar-refractivity contribution in [2.24, 2.45) is 11.8 Å². The Morgan fingerprint density at radius 1 is 0.662 bits per heavy atom. The van der Waals surface area contributed by atoms with E-state index in [1.54, 1.807) is 71.0 Å². The number of nitrogens with one attached hydrogen (secondary N) is 4. The largest absolute Gasteiger partial charge is 0.465 e. The van der Waals surface area contributed by atoms with Gasteiger partial charge in [-0.3, -0.25) is 9.59 Å². The van der Waals surface area contributed by atoms with Crippen molar-refractivity contribution in [1.29, 1.82) is 0 Å². The van der Waals surface area contributed by atoms with Crippen LogP contribution in [0.5, 0.6) is 0 Å². The van der Waals surface area contributed by atoms with Gasteiger partial charge in [0.15, 0.2) is 11.6 Å². The first-order valence-electron chi connectivity index (χ1n) is 26.4. The van der Waals surface area contributed by atoms with Gasteiger partial charge < -0.3 is 50.0 Å². The summed E-state index contributed by atoms with van der Waals surface area (Å²) in [5.41, 5.74) is 0.123. The van der Waals surface area contributed by atoms with Crippen molar-refractivity contribution in [3.8, 4) is 0 Å². The lowest BCUT2D eigenvalue weighted by Crippen LogP contribution is -2.51. The minimum absolute atomic E-state index is 0.00311. The maximum absolute atomic E-state index is 16.9. The van der Waals surface area contributed by atoms with Crippen LogP contribution in [0, 0.1) is 35.1 Å². The molecule has 5 N–H and O–H groups in total. The molecule has 4 aromatic carbocycles. The lowest BCUT2D eigenvalue weighted by atomic mass is 9.86. The normalized spacial score (nSPS) is 21.4. The van der Waals surface area contributed by atoms with Crippen LogP contribution in [0.2, 0.25) is 0 Å². The number of amides is 4. The first-order valence-corrected chi connectivity index (χ1v) is 26.4. The van der Waals surface area contributed by atoms with Crippen molar-refractivity contribution in [3.05, 3.63) is 118 Å². The number of ether oxygens (including phenoxy) is 1. The Hall–Kier alpha value is -7.45. The number of alkyl carbamates (subject to hydrolysis) is 1. The predicted molar refractivity (Wildman–Crippen MR) is 278 cm³/mol. The molecule has 6 atom stereocenters. The number of methoxy groups -OCH3 is 1. The molecular weight excluding hydrogens is 1000 g/mol. The average molecular weight is 1070 g/mol. The van der Waals surface area contributed by atoms with Crippen molar-refractivity contribution < 1.29 is 51.0 Å². The Balaban J connectivity index is 1.00. The highest BCUT2D eigenvalue weighted by molar-refractivity contribution is 5.87. The Morgan fingerprint density at radius 2 is 1.14 bits per heavy atom. The molecular formula is C56H63F5N10O6. The quantitative estimate of drug-likeness (QED) is 0.0696. The van der Waals surface area contributed by atoms with Gasteiger partial charge in [-0.1, -0.05) is 58.0 Å². The number of imidazole rings is 2. The van der Waals surface area contributed by atoms with Crippen LogP contribution in [0.3, 0.4) is 0 Å². The molecule has 4 aliphatic heterocycles. The van der Waals surface area contributed by atoms with E-state index in [1.807, 2.05) is 13.8 Å². The summed E-state index contributed by atoms with van der Waals surface area (Å²) >= 11 is 0. The first kappa shape index (κ1) is 53.0. The van der Waals surface area contributed by atoms with Crippen molar-refractivity contribution in [2.75, 3.05) is 43.1 Å². The number of carbonyl (C=O) groups excluding carboxylic acids is 3. The Bertz CT molecular complexity index is 3190. The number of aromatic amines is 2. The molecule has 10 rings (SSSR count). The highest BCUT2D eigenvalue weighted by Gasteiger charge is 2.43. The van der Waals surface area contributed by atoms with Gasteiger partial charge in [-0.15, -0.1) is 0 Å². The molecule has 0 unspecified atom stereocenters. The molecule has 4 aliphatic rings. The number of anilines is 2. The van der Waals surface area contributed by atoms with Crippen LogP contribution in [-0.4, -0.2) is 104 Å². The van der Waals surface area contributed by atoms with Gasteiger partial charge in [-0.05, 0) is 92.3 Å². The zero-order chi connectivity index (χ0) is 54.6. The summed E-state index contributed by atoms with van der Waals surface area (Å²) in [5.74, 6) is -3.75. The second-order valence-electron chi connectivity index (χ2n) is 21.5. The topological polar surface area (TPSA) is 192 Å². The molecule has 0 saturated carbocycles. The fraction of sp³-hybridized carbons (Fsp3) is 0.464. The smallest absolute Gasteiger partial charge is 0.407 e. The van der Waals surface area contributed by atoms with Gasteiger partial charge >= 0.3 is 12.2 Å². The number of fused-ring (bicyclic) bond motifs is 2. The maximum atomic E-state index is 16.9. The Kier molecular flexibility index (Phi) is 14.6. The van der Waals surface area contributed by atoms with Crippen LogP contribution in [0.1, 0.15) is 132 Å². The molecule has 4 saturated heterocycles. The van der Waals surface area contributed by atoms with Crippen molar-refractivity contribution in [1.82, 2.24) is 40.4 Å². The third-order valence-corrected chi connectivity index (χ3v) is 16.1. The van der Waals surface area contributed by atoms with Crippen LogP contribution >= 0.6 is 0 Å². The second kappa shape index (κ2) is 21.2. The number of piperidine rings is 1. The molecule has 0 aliphatic carbocycles. The zero-order valence-electron chi connectivity index (χ0n) is 43.5. The molecule has 0 spiro atoms. The molecule has 6 heterocycles. The van der Waals surface area contributed by atoms with E-state index in [-0.39, 0.29) is 79.0 Å². The van der Waals surface area contributed by atoms with Crippen LogP contribution < -0.4 is 20.4 Å². The summed E-state index contributed by atoms with van der Waals surface area (Å²) in [6, 6.07) is 11.9. The van der Waals surface area contributed by atoms with E-state index in [9.17, 15) is 24.3 Å². The minimum Gasteiger partial charge on any atom is -0.465 e. The van der Waals surface area contributed by atoms with Crippen molar-refractivity contribution >= 4 is 57.4 Å². The SMILES string of the molecule is COC(=O)N[C@H](C(=O)N1CCC[C@H]1c1nc2cc([C@H]3CC[C@H](c4cc5nc([C@@H]6CCCN6C(=O)[C@@H](NC(=O)O)C(C)C)[nH]c5cc4F)N3c3cc(F)c(N4CCC(F)(c5ccccc5)CC4)c(F)c3)c(F)cc2[nH]1)C(C)C. The Labute approximate surface area is 441 Å². The molecule has 16 nitrogen and oxygen atoms in total.